The average Bonchev–Trinajstić information content (AvgIpc) is 2.37. The molecular formula is C13H16NO5S-. The predicted octanol–water partition coefficient (Wildman–Crippen LogP) is -0.581. The Labute approximate surface area is 117 Å². The van der Waals surface area contributed by atoms with E-state index in [9.17, 15) is 18.3 Å². The molecule has 0 amide bonds. The van der Waals surface area contributed by atoms with Crippen molar-refractivity contribution in [2.75, 3.05) is 13.2 Å². The first-order chi connectivity index (χ1) is 9.36. The summed E-state index contributed by atoms with van der Waals surface area (Å²) in [6.07, 6.45) is 2.42. The van der Waals surface area contributed by atoms with Gasteiger partial charge in [-0.1, -0.05) is 18.2 Å². The van der Waals surface area contributed by atoms with Crippen LogP contribution in [0.25, 0.3) is 6.08 Å². The third-order valence-electron chi connectivity index (χ3n) is 2.54. The number of rotatable bonds is 7. The first-order valence-electron chi connectivity index (χ1n) is 5.97. The highest BCUT2D eigenvalue weighted by Gasteiger charge is 2.16. The minimum absolute atomic E-state index is 0.0796. The number of aliphatic hydroxyl groups is 1. The second-order valence-electron chi connectivity index (χ2n) is 4.15. The molecule has 0 spiro atoms. The molecule has 0 atom stereocenters. The van der Waals surface area contributed by atoms with Crippen molar-refractivity contribution in [1.82, 2.24) is 4.72 Å². The molecule has 20 heavy (non-hydrogen) atoms. The Morgan fingerprint density at radius 3 is 2.75 bits per heavy atom. The molecule has 0 aliphatic heterocycles. The first kappa shape index (κ1) is 16.4. The number of carbonyl (C=O) groups is 1. The van der Waals surface area contributed by atoms with Gasteiger partial charge in [0.25, 0.3) is 0 Å². The summed E-state index contributed by atoms with van der Waals surface area (Å²) in [7, 11) is -3.68. The summed E-state index contributed by atoms with van der Waals surface area (Å²) in [5.74, 6) is -1.35. The van der Waals surface area contributed by atoms with Crippen LogP contribution in [0.4, 0.5) is 0 Å². The van der Waals surface area contributed by atoms with Crippen LogP contribution in [0.3, 0.4) is 0 Å². The number of aliphatic carboxylic acids is 1. The monoisotopic (exact) mass is 298 g/mol. The van der Waals surface area contributed by atoms with Crippen molar-refractivity contribution >= 4 is 22.1 Å². The van der Waals surface area contributed by atoms with E-state index in [-0.39, 0.29) is 18.0 Å². The molecule has 110 valence electrons. The SMILES string of the molecule is Cc1ccc(/C=C/C(=O)[O-])cc1S(=O)(=O)NCCCO. The van der Waals surface area contributed by atoms with Gasteiger partial charge >= 0.3 is 0 Å². The standard InChI is InChI=1S/C13H17NO5S/c1-10-3-4-11(5-6-13(16)17)9-12(10)20(18,19)14-7-2-8-15/h3-6,9,14-15H,2,7-8H2,1H3,(H,16,17)/p-1/b6-5+. The largest absolute Gasteiger partial charge is 0.545 e. The maximum absolute atomic E-state index is 12.1. The predicted molar refractivity (Wildman–Crippen MR) is 72.1 cm³/mol. The number of benzene rings is 1. The fraction of sp³-hybridized carbons (Fsp3) is 0.308. The number of nitrogens with one attached hydrogen (secondary N) is 1. The number of hydrogen-bond donors (Lipinski definition) is 2. The molecule has 0 radical (unpaired) electrons. The van der Waals surface area contributed by atoms with Crippen LogP contribution >= 0.6 is 0 Å². The molecule has 0 heterocycles. The number of carboxylic acid groups (broad SMARTS) is 1. The van der Waals surface area contributed by atoms with Gasteiger partial charge in [0.05, 0.1) is 10.9 Å². The Morgan fingerprint density at radius 1 is 1.45 bits per heavy atom. The van der Waals surface area contributed by atoms with E-state index in [0.717, 1.165) is 6.08 Å². The average molecular weight is 298 g/mol. The molecule has 0 aliphatic carbocycles. The van der Waals surface area contributed by atoms with Gasteiger partial charge in [-0.05, 0) is 36.6 Å². The van der Waals surface area contributed by atoms with Crippen molar-refractivity contribution in [3.8, 4) is 0 Å². The zero-order chi connectivity index (χ0) is 15.2. The van der Waals surface area contributed by atoms with Gasteiger partial charge in [0.2, 0.25) is 10.0 Å². The number of hydrogen-bond acceptors (Lipinski definition) is 5. The number of aryl methyl sites for hydroxylation is 1. The molecule has 0 saturated carbocycles. The molecule has 0 fully saturated rings. The molecule has 0 bridgehead atoms. The van der Waals surface area contributed by atoms with E-state index in [1.165, 1.54) is 12.1 Å². The van der Waals surface area contributed by atoms with Crippen molar-refractivity contribution in [3.63, 3.8) is 0 Å². The Bertz CT molecular complexity index is 607. The fourth-order valence-electron chi connectivity index (χ4n) is 1.54. The van der Waals surface area contributed by atoms with E-state index < -0.39 is 16.0 Å². The summed E-state index contributed by atoms with van der Waals surface area (Å²) in [5, 5.41) is 19.0. The molecule has 0 aliphatic rings. The van der Waals surface area contributed by atoms with E-state index in [2.05, 4.69) is 4.72 Å². The highest BCUT2D eigenvalue weighted by atomic mass is 32.2. The van der Waals surface area contributed by atoms with E-state index in [1.807, 2.05) is 0 Å². The van der Waals surface area contributed by atoms with Gasteiger partial charge in [0.1, 0.15) is 0 Å². The van der Waals surface area contributed by atoms with Crippen LogP contribution in [0.2, 0.25) is 0 Å². The first-order valence-corrected chi connectivity index (χ1v) is 7.45. The van der Waals surface area contributed by atoms with Crippen molar-refractivity contribution in [1.29, 1.82) is 0 Å². The molecular weight excluding hydrogens is 282 g/mol. The quantitative estimate of drug-likeness (QED) is 0.517. The summed E-state index contributed by atoms with van der Waals surface area (Å²) in [6, 6.07) is 4.59. The van der Waals surface area contributed by atoms with Gasteiger partial charge in [-0.15, -0.1) is 0 Å². The van der Waals surface area contributed by atoms with Crippen LogP contribution in [-0.2, 0) is 14.8 Å². The minimum atomic E-state index is -3.68. The zero-order valence-electron chi connectivity index (χ0n) is 11.0. The number of carbonyl (C=O) groups excluding carboxylic acids is 1. The summed E-state index contributed by atoms with van der Waals surface area (Å²) in [4.78, 5) is 10.4. The normalized spacial score (nSPS) is 11.9. The van der Waals surface area contributed by atoms with Crippen LogP contribution < -0.4 is 9.83 Å². The van der Waals surface area contributed by atoms with Crippen LogP contribution in [0, 0.1) is 6.92 Å². The van der Waals surface area contributed by atoms with E-state index >= 15 is 0 Å². The highest BCUT2D eigenvalue weighted by Crippen LogP contribution is 2.17. The number of sulfonamides is 1. The Kier molecular flexibility index (Phi) is 5.87. The minimum Gasteiger partial charge on any atom is -0.545 e. The third-order valence-corrected chi connectivity index (χ3v) is 4.14. The van der Waals surface area contributed by atoms with Gasteiger partial charge in [-0.3, -0.25) is 0 Å². The van der Waals surface area contributed by atoms with Crippen molar-refractivity contribution < 1.29 is 23.4 Å². The summed E-state index contributed by atoms with van der Waals surface area (Å²) in [6.45, 7) is 1.68. The van der Waals surface area contributed by atoms with E-state index in [4.69, 9.17) is 5.11 Å². The molecule has 2 N–H and O–H groups in total. The van der Waals surface area contributed by atoms with Crippen molar-refractivity contribution in [2.45, 2.75) is 18.2 Å². The van der Waals surface area contributed by atoms with Gasteiger partial charge in [0, 0.05) is 13.2 Å². The van der Waals surface area contributed by atoms with Crippen molar-refractivity contribution in [2.24, 2.45) is 0 Å². The lowest BCUT2D eigenvalue weighted by Crippen LogP contribution is -2.26. The number of aliphatic hydroxyl groups excluding tert-OH is 1. The second kappa shape index (κ2) is 7.18. The smallest absolute Gasteiger partial charge is 0.240 e. The van der Waals surface area contributed by atoms with Crippen LogP contribution in [0.5, 0.6) is 0 Å². The van der Waals surface area contributed by atoms with Gasteiger partial charge in [-0.2, -0.15) is 0 Å². The number of carboxylic acids is 1. The molecule has 0 saturated heterocycles. The summed E-state index contributed by atoms with van der Waals surface area (Å²) in [5.41, 5.74) is 0.995. The summed E-state index contributed by atoms with van der Waals surface area (Å²) < 4.78 is 26.5. The summed E-state index contributed by atoms with van der Waals surface area (Å²) >= 11 is 0. The van der Waals surface area contributed by atoms with Gasteiger partial charge in [0.15, 0.2) is 0 Å². The lowest BCUT2D eigenvalue weighted by atomic mass is 10.1. The fourth-order valence-corrected chi connectivity index (χ4v) is 2.89. The van der Waals surface area contributed by atoms with Crippen LogP contribution in [-0.4, -0.2) is 32.6 Å². The third kappa shape index (κ3) is 4.76. The van der Waals surface area contributed by atoms with Crippen LogP contribution in [0.1, 0.15) is 17.5 Å². The lowest BCUT2D eigenvalue weighted by molar-refractivity contribution is -0.297. The Balaban J connectivity index is 3.04. The zero-order valence-corrected chi connectivity index (χ0v) is 11.8. The highest BCUT2D eigenvalue weighted by molar-refractivity contribution is 7.89. The molecule has 1 aromatic carbocycles. The lowest BCUT2D eigenvalue weighted by Gasteiger charge is -2.09. The maximum Gasteiger partial charge on any atom is 0.240 e. The van der Waals surface area contributed by atoms with E-state index in [1.54, 1.807) is 19.1 Å². The van der Waals surface area contributed by atoms with Crippen LogP contribution in [0.15, 0.2) is 29.2 Å². The second-order valence-corrected chi connectivity index (χ2v) is 5.89. The molecule has 0 unspecified atom stereocenters. The van der Waals surface area contributed by atoms with Gasteiger partial charge in [-0.25, -0.2) is 13.1 Å². The van der Waals surface area contributed by atoms with Gasteiger partial charge < -0.3 is 15.0 Å². The molecule has 1 aromatic rings. The maximum atomic E-state index is 12.1. The Hall–Kier alpha value is -1.70. The Morgan fingerprint density at radius 2 is 2.15 bits per heavy atom. The molecule has 1 rings (SSSR count). The topological polar surface area (TPSA) is 107 Å². The molecule has 7 heteroatoms. The molecule has 0 aromatic heterocycles. The molecule has 6 nitrogen and oxygen atoms in total. The van der Waals surface area contributed by atoms with E-state index in [0.29, 0.717) is 17.5 Å². The van der Waals surface area contributed by atoms with Crippen molar-refractivity contribution in [3.05, 3.63) is 35.4 Å².